The van der Waals surface area contributed by atoms with Crippen LogP contribution in [0.15, 0.2) is 53.5 Å². The minimum absolute atomic E-state index is 0.00775. The average molecular weight is 578 g/mol. The molecule has 41 heavy (non-hydrogen) atoms. The first-order chi connectivity index (χ1) is 19.4. The molecule has 2 heterocycles. The molecule has 2 fully saturated rings. The van der Waals surface area contributed by atoms with E-state index in [-0.39, 0.29) is 29.6 Å². The first-order valence-electron chi connectivity index (χ1n) is 12.6. The molecule has 216 valence electrons. The van der Waals surface area contributed by atoms with Crippen molar-refractivity contribution < 1.29 is 41.0 Å². The smallest absolute Gasteiger partial charge is 0.497 e. The third-order valence-corrected chi connectivity index (χ3v) is 7.12. The van der Waals surface area contributed by atoms with Gasteiger partial charge in [0.2, 0.25) is 5.91 Å². The second kappa shape index (κ2) is 10.5. The molecule has 5 rings (SSSR count). The maximum absolute atomic E-state index is 15.2. The van der Waals surface area contributed by atoms with Gasteiger partial charge in [0.15, 0.2) is 0 Å². The summed E-state index contributed by atoms with van der Waals surface area (Å²) in [7, 11) is 1.23. The number of pyridine rings is 1. The van der Waals surface area contributed by atoms with Crippen LogP contribution in [0.4, 0.5) is 27.6 Å². The fourth-order valence-corrected chi connectivity index (χ4v) is 5.02. The second-order valence-electron chi connectivity index (χ2n) is 9.87. The number of methoxy groups -OCH3 is 1. The van der Waals surface area contributed by atoms with E-state index < -0.39 is 58.6 Å². The third-order valence-electron chi connectivity index (χ3n) is 7.12. The molecule has 2 aliphatic rings. The number of benzene rings is 2. The number of hydrogen-bond donors (Lipinski definition) is 1. The summed E-state index contributed by atoms with van der Waals surface area (Å²) in [6.07, 6.45) is -1.71. The largest absolute Gasteiger partial charge is 0.573 e. The molecule has 1 aliphatic heterocycles. The van der Waals surface area contributed by atoms with Gasteiger partial charge in [-0.05, 0) is 55.7 Å². The molecule has 1 saturated carbocycles. The summed E-state index contributed by atoms with van der Waals surface area (Å²) in [4.78, 5) is 41.4. The summed E-state index contributed by atoms with van der Waals surface area (Å²) in [6, 6.07) is 5.96. The van der Waals surface area contributed by atoms with Gasteiger partial charge in [0, 0.05) is 48.0 Å². The Kier molecular flexibility index (Phi) is 7.22. The van der Waals surface area contributed by atoms with Crippen LogP contribution < -0.4 is 25.2 Å². The molecule has 8 nitrogen and oxygen atoms in total. The van der Waals surface area contributed by atoms with Crippen LogP contribution in [-0.4, -0.2) is 42.4 Å². The molecule has 3 aromatic rings. The molecule has 1 aliphatic carbocycles. The van der Waals surface area contributed by atoms with Crippen molar-refractivity contribution in [2.75, 3.05) is 18.6 Å². The average Bonchev–Trinajstić information content (AvgIpc) is 3.69. The van der Waals surface area contributed by atoms with Crippen LogP contribution in [0.2, 0.25) is 0 Å². The molecule has 1 aromatic heterocycles. The van der Waals surface area contributed by atoms with Gasteiger partial charge < -0.3 is 24.3 Å². The second-order valence-corrected chi connectivity index (χ2v) is 9.87. The van der Waals surface area contributed by atoms with Gasteiger partial charge in [0.25, 0.3) is 11.5 Å². The van der Waals surface area contributed by atoms with Crippen LogP contribution in [0.1, 0.15) is 46.3 Å². The zero-order valence-corrected chi connectivity index (χ0v) is 21.8. The fourth-order valence-electron chi connectivity index (χ4n) is 5.02. The summed E-state index contributed by atoms with van der Waals surface area (Å²) in [5, 5.41) is 2.47. The third kappa shape index (κ3) is 5.61. The molecule has 2 aromatic carbocycles. The van der Waals surface area contributed by atoms with Crippen molar-refractivity contribution in [2.45, 2.75) is 44.1 Å². The topological polar surface area (TPSA) is 89.9 Å². The molecule has 1 N–H and O–H groups in total. The lowest BCUT2D eigenvalue weighted by Gasteiger charge is -2.20. The standard InChI is InChI=1S/C28H24F5N3O5/c1-14-9-10-35(16-5-6-16)27(39)24(14)36-13-19(22-20(29)11-18(40-2)12-21(22)30)23(26(36)38)34-25(37)15-3-7-17(8-4-15)41-28(31,32)33/h3-4,7-12,16,19,23H,5-6,13H2,1-2H3,(H,34,37)/t19-,23?/m0/s1. The van der Waals surface area contributed by atoms with Crippen LogP contribution in [0, 0.1) is 18.6 Å². The van der Waals surface area contributed by atoms with Gasteiger partial charge in [-0.25, -0.2) is 8.78 Å². The van der Waals surface area contributed by atoms with Crippen molar-refractivity contribution in [3.8, 4) is 11.5 Å². The first kappa shape index (κ1) is 28.1. The molecule has 1 saturated heterocycles. The Morgan fingerprint density at radius 2 is 1.63 bits per heavy atom. The van der Waals surface area contributed by atoms with Crippen molar-refractivity contribution in [3.63, 3.8) is 0 Å². The summed E-state index contributed by atoms with van der Waals surface area (Å²) in [5.41, 5.74) is -0.567. The number of anilines is 1. The van der Waals surface area contributed by atoms with Gasteiger partial charge in [-0.15, -0.1) is 13.2 Å². The zero-order valence-electron chi connectivity index (χ0n) is 21.8. The molecule has 1 unspecified atom stereocenters. The van der Waals surface area contributed by atoms with E-state index in [1.807, 2.05) is 0 Å². The fraction of sp³-hybridized carbons (Fsp3) is 0.321. The SMILES string of the molecule is COc1cc(F)c([C@@H]2CN(c3c(C)ccn(C4CC4)c3=O)C(=O)C2NC(=O)c2ccc(OC(F)(F)F)cc2)c(F)c1. The predicted octanol–water partition coefficient (Wildman–Crippen LogP) is 4.61. The summed E-state index contributed by atoms with van der Waals surface area (Å²) < 4.78 is 78.2. The Hall–Kier alpha value is -4.42. The number of amides is 2. The monoisotopic (exact) mass is 577 g/mol. The van der Waals surface area contributed by atoms with Crippen LogP contribution in [0.3, 0.4) is 0 Å². The number of hydrogen-bond acceptors (Lipinski definition) is 5. The number of halogens is 5. The van der Waals surface area contributed by atoms with Gasteiger partial charge in [0.05, 0.1) is 7.11 Å². The van der Waals surface area contributed by atoms with E-state index >= 15 is 8.78 Å². The number of ether oxygens (including phenoxy) is 2. The number of carbonyl (C=O) groups excluding carboxylic acids is 2. The molecule has 13 heteroatoms. The van der Waals surface area contributed by atoms with Gasteiger partial charge in [0.1, 0.15) is 34.9 Å². The van der Waals surface area contributed by atoms with Gasteiger partial charge in [-0.1, -0.05) is 0 Å². The lowest BCUT2D eigenvalue weighted by molar-refractivity contribution is -0.274. The molecular weight excluding hydrogens is 553 g/mol. The highest BCUT2D eigenvalue weighted by atomic mass is 19.4. The van der Waals surface area contributed by atoms with Gasteiger partial charge in [-0.2, -0.15) is 0 Å². The summed E-state index contributed by atoms with van der Waals surface area (Å²) in [5.74, 6) is -5.63. The Morgan fingerprint density at radius 3 is 2.20 bits per heavy atom. The minimum Gasteiger partial charge on any atom is -0.497 e. The van der Waals surface area contributed by atoms with Crippen LogP contribution >= 0.6 is 0 Å². The van der Waals surface area contributed by atoms with E-state index in [4.69, 9.17) is 4.74 Å². The molecular formula is C28H24F5N3O5. The maximum atomic E-state index is 15.2. The lowest BCUT2D eigenvalue weighted by Crippen LogP contribution is -2.44. The molecule has 0 bridgehead atoms. The number of aromatic nitrogens is 1. The van der Waals surface area contributed by atoms with Gasteiger partial charge in [-0.3, -0.25) is 14.4 Å². The molecule has 2 atom stereocenters. The number of carbonyl (C=O) groups is 2. The van der Waals surface area contributed by atoms with Crippen LogP contribution in [0.5, 0.6) is 11.5 Å². The zero-order chi connectivity index (χ0) is 29.6. The van der Waals surface area contributed by atoms with Crippen molar-refractivity contribution in [2.24, 2.45) is 0 Å². The number of nitrogens with one attached hydrogen (secondary N) is 1. The Bertz CT molecular complexity index is 1540. The lowest BCUT2D eigenvalue weighted by atomic mass is 9.92. The van der Waals surface area contributed by atoms with Crippen molar-refractivity contribution >= 4 is 17.5 Å². The van der Waals surface area contributed by atoms with Crippen LogP contribution in [-0.2, 0) is 4.79 Å². The highest BCUT2D eigenvalue weighted by molar-refractivity contribution is 6.05. The Labute approximate surface area is 230 Å². The molecule has 2 amide bonds. The highest BCUT2D eigenvalue weighted by Crippen LogP contribution is 2.38. The van der Waals surface area contributed by atoms with E-state index in [1.54, 1.807) is 19.2 Å². The number of nitrogens with zero attached hydrogens (tertiary/aromatic N) is 2. The highest BCUT2D eigenvalue weighted by Gasteiger charge is 2.46. The number of alkyl halides is 3. The molecule has 0 spiro atoms. The summed E-state index contributed by atoms with van der Waals surface area (Å²) in [6.45, 7) is 1.30. The van der Waals surface area contributed by atoms with E-state index in [0.717, 1.165) is 54.1 Å². The number of rotatable bonds is 7. The van der Waals surface area contributed by atoms with E-state index in [2.05, 4.69) is 10.1 Å². The van der Waals surface area contributed by atoms with Crippen molar-refractivity contribution in [3.05, 3.63) is 87.3 Å². The van der Waals surface area contributed by atoms with Gasteiger partial charge >= 0.3 is 6.36 Å². The number of aryl methyl sites for hydroxylation is 1. The Morgan fingerprint density at radius 1 is 1.00 bits per heavy atom. The predicted molar refractivity (Wildman–Crippen MR) is 136 cm³/mol. The van der Waals surface area contributed by atoms with Crippen molar-refractivity contribution in [1.82, 2.24) is 9.88 Å². The summed E-state index contributed by atoms with van der Waals surface area (Å²) >= 11 is 0. The quantitative estimate of drug-likeness (QED) is 0.415. The van der Waals surface area contributed by atoms with Crippen molar-refractivity contribution in [1.29, 1.82) is 0 Å². The van der Waals surface area contributed by atoms with E-state index in [1.165, 1.54) is 11.7 Å². The first-order valence-corrected chi connectivity index (χ1v) is 12.6. The Balaban J connectivity index is 1.52. The maximum Gasteiger partial charge on any atom is 0.573 e. The molecule has 0 radical (unpaired) electrons. The van der Waals surface area contributed by atoms with E-state index in [0.29, 0.717) is 5.56 Å². The van der Waals surface area contributed by atoms with E-state index in [9.17, 15) is 27.6 Å². The van der Waals surface area contributed by atoms with Crippen LogP contribution in [0.25, 0.3) is 0 Å². The minimum atomic E-state index is -4.93. The normalized spacial score (nSPS) is 18.9.